The van der Waals surface area contributed by atoms with E-state index in [2.05, 4.69) is 29.2 Å². The van der Waals surface area contributed by atoms with Crippen molar-refractivity contribution >= 4 is 5.69 Å². The van der Waals surface area contributed by atoms with E-state index in [1.54, 1.807) is 6.26 Å². The number of halogens is 1. The number of anilines is 1. The molecule has 2 rings (SSSR count). The second kappa shape index (κ2) is 5.84. The lowest BCUT2D eigenvalue weighted by Crippen LogP contribution is -3.00. The Labute approximate surface area is 113 Å². The maximum Gasteiger partial charge on any atom is 0.359 e. The summed E-state index contributed by atoms with van der Waals surface area (Å²) >= 11 is 0. The van der Waals surface area contributed by atoms with Gasteiger partial charge < -0.3 is 28.9 Å². The molecule has 0 radical (unpaired) electrons. The fourth-order valence-electron chi connectivity index (χ4n) is 1.43. The number of hydrogen-bond donors (Lipinski definition) is 0. The Balaban J connectivity index is 0.00000128. The van der Waals surface area contributed by atoms with Crippen LogP contribution < -0.4 is 28.9 Å². The minimum Gasteiger partial charge on any atom is -1.00 e. The molecule has 84 valence electrons. The predicted molar refractivity (Wildman–Crippen MR) is 62.9 cm³/mol. The molecule has 0 aliphatic heterocycles. The number of rotatable bonds is 2. The quantitative estimate of drug-likeness (QED) is 0.582. The van der Waals surface area contributed by atoms with E-state index < -0.39 is 0 Å². The summed E-state index contributed by atoms with van der Waals surface area (Å²) in [5, 5.41) is 0. The van der Waals surface area contributed by atoms with Gasteiger partial charge >= 0.3 is 12.0 Å². The summed E-state index contributed by atoms with van der Waals surface area (Å²) in [5.41, 5.74) is 2.29. The van der Waals surface area contributed by atoms with Crippen molar-refractivity contribution in [3.63, 3.8) is 0 Å². The van der Waals surface area contributed by atoms with Crippen molar-refractivity contribution in [1.29, 1.82) is 0 Å². The first-order valence-corrected chi connectivity index (χ1v) is 4.92. The van der Waals surface area contributed by atoms with E-state index in [-0.39, 0.29) is 24.0 Å². The Morgan fingerprint density at radius 2 is 1.62 bits per heavy atom. The molecule has 0 N–H and O–H groups in total. The van der Waals surface area contributed by atoms with Crippen LogP contribution in [0.2, 0.25) is 0 Å². The fraction of sp³-hybridized carbons (Fsp3) is 0.154. The zero-order valence-electron chi connectivity index (χ0n) is 9.35. The van der Waals surface area contributed by atoms with Crippen LogP contribution >= 0.6 is 0 Å². The van der Waals surface area contributed by atoms with Crippen LogP contribution in [0.4, 0.5) is 5.69 Å². The third kappa shape index (κ3) is 2.95. The molecular formula is C13H14INO. The number of hydrogen-bond acceptors (Lipinski definition) is 1. The molecule has 1 aromatic carbocycles. The van der Waals surface area contributed by atoms with Gasteiger partial charge in [0, 0.05) is 31.9 Å². The van der Waals surface area contributed by atoms with Crippen LogP contribution in [0, 0.1) is 0 Å². The average molecular weight is 327 g/mol. The molecule has 0 saturated heterocycles. The van der Waals surface area contributed by atoms with Crippen LogP contribution in [-0.2, 0) is 0 Å². The Hall–Kier alpha value is -1.10. The highest BCUT2D eigenvalue weighted by Gasteiger charge is 2.08. The van der Waals surface area contributed by atoms with E-state index >= 15 is 0 Å². The van der Waals surface area contributed by atoms with Crippen LogP contribution in [0.5, 0.6) is 0 Å². The molecule has 2 nitrogen and oxygen atoms in total. The number of nitrogens with zero attached hydrogens (tertiary/aromatic N) is 1. The lowest BCUT2D eigenvalue weighted by Gasteiger charge is -2.11. The van der Waals surface area contributed by atoms with Gasteiger partial charge in [0.05, 0.1) is 5.56 Å². The highest BCUT2D eigenvalue weighted by atomic mass is 127. The van der Waals surface area contributed by atoms with E-state index in [0.717, 1.165) is 11.3 Å². The molecule has 1 heterocycles. The van der Waals surface area contributed by atoms with Crippen LogP contribution in [0.3, 0.4) is 0 Å². The summed E-state index contributed by atoms with van der Waals surface area (Å²) < 4.78 is 5.40. The highest BCUT2D eigenvalue weighted by Crippen LogP contribution is 2.21. The first kappa shape index (κ1) is 13.0. The molecule has 0 fully saturated rings. The van der Waals surface area contributed by atoms with Gasteiger partial charge in [-0.2, -0.15) is 0 Å². The normalized spacial score (nSPS) is 9.38. The van der Waals surface area contributed by atoms with Crippen LogP contribution in [0.1, 0.15) is 0 Å². The van der Waals surface area contributed by atoms with Crippen LogP contribution in [-0.4, -0.2) is 14.1 Å². The summed E-state index contributed by atoms with van der Waals surface area (Å²) in [6, 6.07) is 14.1. The van der Waals surface area contributed by atoms with Crippen molar-refractivity contribution in [3.05, 3.63) is 48.7 Å². The minimum absolute atomic E-state index is 0. The lowest BCUT2D eigenvalue weighted by molar-refractivity contribution is -0.00000350. The smallest absolute Gasteiger partial charge is 0.359 e. The van der Waals surface area contributed by atoms with Gasteiger partial charge in [0.1, 0.15) is 0 Å². The Bertz CT molecular complexity index is 425. The van der Waals surface area contributed by atoms with Gasteiger partial charge in [0.2, 0.25) is 0 Å². The van der Waals surface area contributed by atoms with Gasteiger partial charge in [0.15, 0.2) is 0 Å². The second-order valence-corrected chi connectivity index (χ2v) is 3.61. The second-order valence-electron chi connectivity index (χ2n) is 3.61. The number of benzene rings is 1. The molecule has 0 spiro atoms. The molecule has 0 amide bonds. The van der Waals surface area contributed by atoms with Gasteiger partial charge in [-0.3, -0.25) is 0 Å². The van der Waals surface area contributed by atoms with Gasteiger partial charge in [-0.25, -0.2) is 4.42 Å². The first-order chi connectivity index (χ1) is 7.27. The lowest BCUT2D eigenvalue weighted by atomic mass is 10.1. The van der Waals surface area contributed by atoms with Crippen molar-refractivity contribution in [3.8, 4) is 11.3 Å². The summed E-state index contributed by atoms with van der Waals surface area (Å²) in [5.74, 6) is 0.891. The summed E-state index contributed by atoms with van der Waals surface area (Å²) in [6.45, 7) is 0. The predicted octanol–water partition coefficient (Wildman–Crippen LogP) is 0.298. The molecule has 0 saturated carbocycles. The van der Waals surface area contributed by atoms with Crippen LogP contribution in [0.25, 0.3) is 11.3 Å². The third-order valence-electron chi connectivity index (χ3n) is 2.30. The zero-order chi connectivity index (χ0) is 10.7. The molecule has 0 atom stereocenters. The maximum atomic E-state index is 5.40. The monoisotopic (exact) mass is 327 g/mol. The van der Waals surface area contributed by atoms with Gasteiger partial charge in [0.25, 0.3) is 0 Å². The van der Waals surface area contributed by atoms with Gasteiger partial charge in [-0.15, -0.1) is 0 Å². The van der Waals surface area contributed by atoms with Crippen molar-refractivity contribution in [2.24, 2.45) is 0 Å². The Morgan fingerprint density at radius 1 is 0.938 bits per heavy atom. The van der Waals surface area contributed by atoms with Crippen molar-refractivity contribution in [2.75, 3.05) is 19.0 Å². The third-order valence-corrected chi connectivity index (χ3v) is 2.30. The summed E-state index contributed by atoms with van der Waals surface area (Å²) in [7, 11) is 4.06. The van der Waals surface area contributed by atoms with Crippen molar-refractivity contribution in [2.45, 2.75) is 0 Å². The first-order valence-electron chi connectivity index (χ1n) is 4.92. The molecule has 2 aromatic rings. The molecule has 0 unspecified atom stereocenters. The largest absolute Gasteiger partial charge is 1.00 e. The molecule has 0 bridgehead atoms. The topological polar surface area (TPSA) is 14.5 Å². The standard InChI is InChI=1S/C13H14NO.HI/c1-14(2)12-8-6-11(7-9-12)13-5-3-4-10-15-13;/h3-10H,1-2H3;1H/q+1;/p-1. The highest BCUT2D eigenvalue weighted by molar-refractivity contribution is 5.61. The van der Waals surface area contributed by atoms with Crippen molar-refractivity contribution < 1.29 is 28.4 Å². The van der Waals surface area contributed by atoms with E-state index in [0.29, 0.717) is 0 Å². The van der Waals surface area contributed by atoms with Crippen molar-refractivity contribution in [1.82, 2.24) is 0 Å². The molecule has 1 aromatic heterocycles. The molecule has 3 heteroatoms. The van der Waals surface area contributed by atoms with E-state index in [4.69, 9.17) is 4.42 Å². The molecular weight excluding hydrogens is 313 g/mol. The zero-order valence-corrected chi connectivity index (χ0v) is 11.5. The van der Waals surface area contributed by atoms with E-state index in [1.165, 1.54) is 5.69 Å². The average Bonchev–Trinajstić information content (AvgIpc) is 2.30. The Kier molecular flexibility index (Phi) is 4.73. The maximum absolute atomic E-state index is 5.40. The molecule has 16 heavy (non-hydrogen) atoms. The summed E-state index contributed by atoms with van der Waals surface area (Å²) in [6.07, 6.45) is 1.69. The Morgan fingerprint density at radius 3 is 2.12 bits per heavy atom. The van der Waals surface area contributed by atoms with Gasteiger partial charge in [-0.05, 0) is 30.3 Å². The minimum atomic E-state index is 0. The molecule has 0 aliphatic carbocycles. The van der Waals surface area contributed by atoms with Crippen LogP contribution in [0.15, 0.2) is 53.1 Å². The fourth-order valence-corrected chi connectivity index (χ4v) is 1.43. The van der Waals surface area contributed by atoms with Gasteiger partial charge in [-0.1, -0.05) is 0 Å². The van der Waals surface area contributed by atoms with E-state index in [9.17, 15) is 0 Å². The molecule has 0 aliphatic rings. The SMILES string of the molecule is CN(C)c1ccc(-c2cccc[o+]2)cc1.[I-]. The van der Waals surface area contributed by atoms with E-state index in [1.807, 2.05) is 32.3 Å². The summed E-state index contributed by atoms with van der Waals surface area (Å²) in [4.78, 5) is 2.08.